The largest absolute Gasteiger partial charge is 0.497 e. The van der Waals surface area contributed by atoms with Gasteiger partial charge in [-0.3, -0.25) is 0 Å². The van der Waals surface area contributed by atoms with Crippen molar-refractivity contribution in [2.45, 2.75) is 6.92 Å². The van der Waals surface area contributed by atoms with E-state index in [2.05, 4.69) is 15.3 Å². The molecule has 0 saturated carbocycles. The lowest BCUT2D eigenvalue weighted by Gasteiger charge is -2.08. The Bertz CT molecular complexity index is 768. The van der Waals surface area contributed by atoms with Crippen LogP contribution in [0.3, 0.4) is 0 Å². The molecule has 3 rings (SSSR count). The number of anilines is 1. The number of hydrogen-bond donors (Lipinski definition) is 1. The van der Waals surface area contributed by atoms with Crippen molar-refractivity contribution in [3.8, 4) is 17.4 Å². The van der Waals surface area contributed by atoms with Crippen LogP contribution < -0.4 is 14.8 Å². The second-order valence-electron chi connectivity index (χ2n) is 4.46. The molecule has 1 N–H and O–H groups in total. The molecule has 0 spiro atoms. The van der Waals surface area contributed by atoms with E-state index in [1.54, 1.807) is 25.5 Å². The molecule has 0 unspecified atom stereocenters. The number of nitrogens with zero attached hydrogens (tertiary/aromatic N) is 2. The molecular weight excluding hydrogens is 286 g/mol. The molecule has 0 bridgehead atoms. The zero-order chi connectivity index (χ0) is 14.8. The number of hydrogen-bond acceptors (Lipinski definition) is 6. The van der Waals surface area contributed by atoms with Crippen molar-refractivity contribution in [1.29, 1.82) is 0 Å². The molecule has 108 valence electrons. The summed E-state index contributed by atoms with van der Waals surface area (Å²) in [6.45, 7) is 2.04. The highest BCUT2D eigenvalue weighted by Gasteiger charge is 2.12. The number of fused-ring (bicyclic) bond motifs is 1. The minimum atomic E-state index is 0.549. The molecule has 0 fully saturated rings. The lowest BCUT2D eigenvalue weighted by molar-refractivity contribution is 0.412. The Kier molecular flexibility index (Phi) is 3.62. The summed E-state index contributed by atoms with van der Waals surface area (Å²) < 4.78 is 11.0. The summed E-state index contributed by atoms with van der Waals surface area (Å²) in [7, 11) is 3.43. The summed E-state index contributed by atoms with van der Waals surface area (Å²) in [5.41, 5.74) is 0. The Balaban J connectivity index is 2.01. The van der Waals surface area contributed by atoms with Gasteiger partial charge in [-0.1, -0.05) is 0 Å². The van der Waals surface area contributed by atoms with Gasteiger partial charge in [-0.2, -0.15) is 4.98 Å². The molecule has 0 atom stereocenters. The number of aromatic nitrogens is 2. The van der Waals surface area contributed by atoms with E-state index in [1.807, 2.05) is 37.3 Å². The molecule has 5 nitrogen and oxygen atoms in total. The Hall–Kier alpha value is -2.34. The van der Waals surface area contributed by atoms with E-state index in [9.17, 15) is 0 Å². The molecule has 1 aromatic carbocycles. The fourth-order valence-electron chi connectivity index (χ4n) is 1.96. The third-order valence-electron chi connectivity index (χ3n) is 2.98. The van der Waals surface area contributed by atoms with Crippen LogP contribution in [0.2, 0.25) is 0 Å². The quantitative estimate of drug-likeness (QED) is 0.793. The van der Waals surface area contributed by atoms with Crippen molar-refractivity contribution >= 4 is 27.5 Å². The number of thiophene rings is 1. The summed E-state index contributed by atoms with van der Waals surface area (Å²) in [5, 5.41) is 3.88. The number of rotatable bonds is 4. The molecule has 2 heterocycles. The van der Waals surface area contributed by atoms with Crippen LogP contribution in [-0.2, 0) is 0 Å². The topological polar surface area (TPSA) is 56.3 Å². The van der Waals surface area contributed by atoms with Crippen LogP contribution in [-0.4, -0.2) is 24.1 Å². The van der Waals surface area contributed by atoms with Crippen LogP contribution in [0.25, 0.3) is 10.2 Å². The van der Waals surface area contributed by atoms with Gasteiger partial charge < -0.3 is 14.8 Å². The van der Waals surface area contributed by atoms with Gasteiger partial charge in [-0.15, -0.1) is 11.3 Å². The Morgan fingerprint density at radius 3 is 2.48 bits per heavy atom. The Morgan fingerprint density at radius 1 is 1.10 bits per heavy atom. The third kappa shape index (κ3) is 2.75. The van der Waals surface area contributed by atoms with Crippen molar-refractivity contribution < 1.29 is 9.47 Å². The van der Waals surface area contributed by atoms with Gasteiger partial charge in [0, 0.05) is 11.9 Å². The maximum Gasteiger partial charge on any atom is 0.232 e. The SMILES string of the molecule is CNc1nc(Oc2ccc(OC)cc2)c2cc(C)sc2n1. The molecule has 0 radical (unpaired) electrons. The predicted octanol–water partition coefficient (Wildman–Crippen LogP) is 3.84. The van der Waals surface area contributed by atoms with Gasteiger partial charge >= 0.3 is 0 Å². The highest BCUT2D eigenvalue weighted by atomic mass is 32.1. The van der Waals surface area contributed by atoms with Crippen molar-refractivity contribution in [3.05, 3.63) is 35.2 Å². The summed E-state index contributed by atoms with van der Waals surface area (Å²) >= 11 is 1.62. The Labute approximate surface area is 126 Å². The Morgan fingerprint density at radius 2 is 1.81 bits per heavy atom. The van der Waals surface area contributed by atoms with E-state index in [0.29, 0.717) is 17.6 Å². The van der Waals surface area contributed by atoms with Crippen LogP contribution in [0.4, 0.5) is 5.95 Å². The average Bonchev–Trinajstić information content (AvgIpc) is 2.88. The molecule has 3 aromatic rings. The van der Waals surface area contributed by atoms with E-state index in [4.69, 9.17) is 9.47 Å². The highest BCUT2D eigenvalue weighted by Crippen LogP contribution is 2.33. The lowest BCUT2D eigenvalue weighted by Crippen LogP contribution is -1.98. The summed E-state index contributed by atoms with van der Waals surface area (Å²) in [6, 6.07) is 9.45. The average molecular weight is 301 g/mol. The normalized spacial score (nSPS) is 10.6. The van der Waals surface area contributed by atoms with Gasteiger partial charge in [-0.25, -0.2) is 4.98 Å². The van der Waals surface area contributed by atoms with E-state index in [0.717, 1.165) is 16.0 Å². The first-order chi connectivity index (χ1) is 10.2. The standard InChI is InChI=1S/C15H15N3O2S/c1-9-8-12-13(17-15(16-2)18-14(12)21-9)20-11-6-4-10(19-3)5-7-11/h4-8H,1-3H3,(H,16,17,18). The van der Waals surface area contributed by atoms with Crippen LogP contribution in [0.1, 0.15) is 4.88 Å². The van der Waals surface area contributed by atoms with Crippen molar-refractivity contribution in [3.63, 3.8) is 0 Å². The number of ether oxygens (including phenoxy) is 2. The second-order valence-corrected chi connectivity index (χ2v) is 5.69. The molecular formula is C15H15N3O2S. The minimum absolute atomic E-state index is 0.549. The smallest absolute Gasteiger partial charge is 0.232 e. The van der Waals surface area contributed by atoms with Crippen molar-refractivity contribution in [2.75, 3.05) is 19.5 Å². The fraction of sp³-hybridized carbons (Fsp3) is 0.200. The molecule has 2 aromatic heterocycles. The molecule has 0 amide bonds. The van der Waals surface area contributed by atoms with Crippen LogP contribution >= 0.6 is 11.3 Å². The van der Waals surface area contributed by atoms with Gasteiger partial charge in [0.15, 0.2) is 0 Å². The van der Waals surface area contributed by atoms with E-state index in [-0.39, 0.29) is 0 Å². The molecule has 0 aliphatic carbocycles. The van der Waals surface area contributed by atoms with Crippen LogP contribution in [0.15, 0.2) is 30.3 Å². The maximum atomic E-state index is 5.91. The van der Waals surface area contributed by atoms with E-state index in [1.165, 1.54) is 4.88 Å². The molecule has 0 aliphatic heterocycles. The van der Waals surface area contributed by atoms with Gasteiger partial charge in [-0.05, 0) is 37.3 Å². The molecule has 0 aliphatic rings. The number of benzene rings is 1. The number of aryl methyl sites for hydroxylation is 1. The predicted molar refractivity (Wildman–Crippen MR) is 84.8 cm³/mol. The van der Waals surface area contributed by atoms with E-state index >= 15 is 0 Å². The summed E-state index contributed by atoms with van der Waals surface area (Å²) in [4.78, 5) is 10.9. The summed E-state index contributed by atoms with van der Waals surface area (Å²) in [6.07, 6.45) is 0. The second kappa shape index (κ2) is 5.57. The van der Waals surface area contributed by atoms with Crippen LogP contribution in [0, 0.1) is 6.92 Å². The highest BCUT2D eigenvalue weighted by molar-refractivity contribution is 7.18. The van der Waals surface area contributed by atoms with Gasteiger partial charge in [0.1, 0.15) is 16.3 Å². The van der Waals surface area contributed by atoms with Crippen molar-refractivity contribution in [2.24, 2.45) is 0 Å². The first-order valence-electron chi connectivity index (χ1n) is 6.47. The van der Waals surface area contributed by atoms with E-state index < -0.39 is 0 Å². The molecule has 0 saturated heterocycles. The maximum absolute atomic E-state index is 5.91. The zero-order valence-electron chi connectivity index (χ0n) is 12.0. The first kappa shape index (κ1) is 13.6. The summed E-state index contributed by atoms with van der Waals surface area (Å²) in [5.74, 6) is 2.60. The van der Waals surface area contributed by atoms with Gasteiger partial charge in [0.25, 0.3) is 0 Å². The molecule has 21 heavy (non-hydrogen) atoms. The van der Waals surface area contributed by atoms with Crippen LogP contribution in [0.5, 0.6) is 17.4 Å². The van der Waals surface area contributed by atoms with Gasteiger partial charge in [0.05, 0.1) is 12.5 Å². The third-order valence-corrected chi connectivity index (χ3v) is 3.92. The molecule has 6 heteroatoms. The minimum Gasteiger partial charge on any atom is -0.497 e. The van der Waals surface area contributed by atoms with Gasteiger partial charge in [0.2, 0.25) is 11.8 Å². The number of nitrogens with one attached hydrogen (secondary N) is 1. The number of methoxy groups -OCH3 is 1. The first-order valence-corrected chi connectivity index (χ1v) is 7.29. The lowest BCUT2D eigenvalue weighted by atomic mass is 10.3. The van der Waals surface area contributed by atoms with Crippen molar-refractivity contribution in [1.82, 2.24) is 9.97 Å². The zero-order valence-corrected chi connectivity index (χ0v) is 12.8. The monoisotopic (exact) mass is 301 g/mol. The fourth-order valence-corrected chi connectivity index (χ4v) is 2.83.